The van der Waals surface area contributed by atoms with Crippen LogP contribution in [0.2, 0.25) is 0 Å². The van der Waals surface area contributed by atoms with E-state index < -0.39 is 0 Å². The Kier molecular flexibility index (Phi) is 1.95. The molecule has 6 heteroatoms. The standard InChI is InChI=1S/C7H9N5O/c13-7-9-6(10-11-7)2-5-12-4-1-3-8-12/h1,3-4H,2,5H2,(H2,9,10,11,13). The van der Waals surface area contributed by atoms with E-state index >= 15 is 0 Å². The second-order valence-electron chi connectivity index (χ2n) is 2.64. The maximum absolute atomic E-state index is 10.7. The van der Waals surface area contributed by atoms with Gasteiger partial charge >= 0.3 is 5.69 Å². The molecule has 2 aromatic rings. The molecule has 0 atom stereocenters. The summed E-state index contributed by atoms with van der Waals surface area (Å²) >= 11 is 0. The minimum absolute atomic E-state index is 0.268. The van der Waals surface area contributed by atoms with E-state index in [1.165, 1.54) is 0 Å². The van der Waals surface area contributed by atoms with Crippen molar-refractivity contribution in [1.82, 2.24) is 25.0 Å². The molecule has 2 heterocycles. The van der Waals surface area contributed by atoms with Crippen molar-refractivity contribution in [2.75, 3.05) is 0 Å². The fraction of sp³-hybridized carbons (Fsp3) is 0.286. The normalized spacial score (nSPS) is 10.5. The maximum Gasteiger partial charge on any atom is 0.340 e. The third kappa shape index (κ3) is 1.84. The lowest BCUT2D eigenvalue weighted by Gasteiger charge is -1.96. The van der Waals surface area contributed by atoms with Gasteiger partial charge in [0.15, 0.2) is 0 Å². The SMILES string of the molecule is O=c1[nH]nc(CCn2cccn2)[nH]1. The maximum atomic E-state index is 10.7. The molecule has 0 aliphatic carbocycles. The molecule has 13 heavy (non-hydrogen) atoms. The minimum atomic E-state index is -0.268. The van der Waals surface area contributed by atoms with Crippen molar-refractivity contribution < 1.29 is 0 Å². The zero-order valence-electron chi connectivity index (χ0n) is 6.90. The highest BCUT2D eigenvalue weighted by molar-refractivity contribution is 4.83. The van der Waals surface area contributed by atoms with E-state index in [4.69, 9.17) is 0 Å². The Morgan fingerprint density at radius 1 is 1.54 bits per heavy atom. The van der Waals surface area contributed by atoms with E-state index in [1.807, 2.05) is 12.3 Å². The molecule has 0 saturated carbocycles. The van der Waals surface area contributed by atoms with Crippen LogP contribution >= 0.6 is 0 Å². The summed E-state index contributed by atoms with van der Waals surface area (Å²) in [6.45, 7) is 0.716. The lowest BCUT2D eigenvalue weighted by Crippen LogP contribution is -2.04. The summed E-state index contributed by atoms with van der Waals surface area (Å²) < 4.78 is 1.78. The van der Waals surface area contributed by atoms with Gasteiger partial charge in [-0.25, -0.2) is 9.89 Å². The summed E-state index contributed by atoms with van der Waals surface area (Å²) in [7, 11) is 0. The van der Waals surface area contributed by atoms with E-state index in [-0.39, 0.29) is 5.69 Å². The van der Waals surface area contributed by atoms with Crippen LogP contribution in [-0.4, -0.2) is 25.0 Å². The van der Waals surface area contributed by atoms with Crippen molar-refractivity contribution in [2.24, 2.45) is 0 Å². The molecule has 0 aromatic carbocycles. The van der Waals surface area contributed by atoms with Crippen molar-refractivity contribution in [2.45, 2.75) is 13.0 Å². The fourth-order valence-electron chi connectivity index (χ4n) is 1.08. The second kappa shape index (κ2) is 3.26. The molecule has 0 saturated heterocycles. The summed E-state index contributed by atoms with van der Waals surface area (Å²) in [5.74, 6) is 0.653. The number of nitrogens with one attached hydrogen (secondary N) is 2. The molecule has 68 valence electrons. The number of hydrogen-bond donors (Lipinski definition) is 2. The minimum Gasteiger partial charge on any atom is -0.293 e. The molecular formula is C7H9N5O. The number of H-pyrrole nitrogens is 2. The van der Waals surface area contributed by atoms with Crippen LogP contribution in [0.15, 0.2) is 23.3 Å². The average molecular weight is 179 g/mol. The number of aromatic nitrogens is 5. The molecule has 2 aromatic heterocycles. The number of rotatable bonds is 3. The smallest absolute Gasteiger partial charge is 0.293 e. The monoisotopic (exact) mass is 179 g/mol. The van der Waals surface area contributed by atoms with Crippen molar-refractivity contribution in [3.63, 3.8) is 0 Å². The van der Waals surface area contributed by atoms with Crippen LogP contribution in [0.1, 0.15) is 5.82 Å². The highest BCUT2D eigenvalue weighted by atomic mass is 16.1. The Morgan fingerprint density at radius 3 is 3.08 bits per heavy atom. The van der Waals surface area contributed by atoms with Gasteiger partial charge in [-0.1, -0.05) is 0 Å². The first-order valence-corrected chi connectivity index (χ1v) is 3.95. The predicted octanol–water partition coefficient (Wildman–Crippen LogP) is -0.463. The number of aryl methyl sites for hydroxylation is 2. The lowest BCUT2D eigenvalue weighted by atomic mass is 10.4. The Labute approximate surface area is 73.6 Å². The largest absolute Gasteiger partial charge is 0.340 e. The molecular weight excluding hydrogens is 170 g/mol. The first-order chi connectivity index (χ1) is 6.34. The summed E-state index contributed by atoms with van der Waals surface area (Å²) in [5, 5.41) is 10.1. The van der Waals surface area contributed by atoms with Crippen LogP contribution in [0.5, 0.6) is 0 Å². The zero-order chi connectivity index (χ0) is 9.10. The van der Waals surface area contributed by atoms with E-state index in [9.17, 15) is 4.79 Å². The Balaban J connectivity index is 1.97. The van der Waals surface area contributed by atoms with Gasteiger partial charge in [0.05, 0.1) is 0 Å². The molecule has 0 unspecified atom stereocenters. The van der Waals surface area contributed by atoms with Crippen molar-refractivity contribution in [3.8, 4) is 0 Å². The quantitative estimate of drug-likeness (QED) is 0.669. The second-order valence-corrected chi connectivity index (χ2v) is 2.64. The van der Waals surface area contributed by atoms with E-state index in [2.05, 4.69) is 20.3 Å². The van der Waals surface area contributed by atoms with Crippen LogP contribution in [-0.2, 0) is 13.0 Å². The molecule has 6 nitrogen and oxygen atoms in total. The van der Waals surface area contributed by atoms with Gasteiger partial charge in [0.2, 0.25) is 0 Å². The molecule has 0 radical (unpaired) electrons. The summed E-state index contributed by atoms with van der Waals surface area (Å²) in [6, 6.07) is 1.85. The number of aromatic amines is 2. The van der Waals surface area contributed by atoms with Crippen molar-refractivity contribution >= 4 is 0 Å². The predicted molar refractivity (Wildman–Crippen MR) is 45.1 cm³/mol. The molecule has 2 rings (SSSR count). The van der Waals surface area contributed by atoms with Crippen LogP contribution < -0.4 is 5.69 Å². The Hall–Kier alpha value is -1.85. The van der Waals surface area contributed by atoms with Gasteiger partial charge < -0.3 is 0 Å². The highest BCUT2D eigenvalue weighted by Crippen LogP contribution is 1.90. The van der Waals surface area contributed by atoms with Crippen LogP contribution in [0.25, 0.3) is 0 Å². The van der Waals surface area contributed by atoms with E-state index in [0.29, 0.717) is 18.8 Å². The third-order valence-corrected chi connectivity index (χ3v) is 1.69. The molecule has 0 amide bonds. The first-order valence-electron chi connectivity index (χ1n) is 3.95. The molecule has 0 aliphatic rings. The van der Waals surface area contributed by atoms with Gasteiger partial charge in [-0.3, -0.25) is 9.67 Å². The zero-order valence-corrected chi connectivity index (χ0v) is 6.90. The van der Waals surface area contributed by atoms with Crippen LogP contribution in [0.3, 0.4) is 0 Å². The summed E-state index contributed by atoms with van der Waals surface area (Å²) in [5.41, 5.74) is -0.268. The average Bonchev–Trinajstić information content (AvgIpc) is 2.71. The van der Waals surface area contributed by atoms with E-state index in [0.717, 1.165) is 0 Å². The summed E-state index contributed by atoms with van der Waals surface area (Å²) in [4.78, 5) is 13.2. The Bertz CT molecular complexity index is 412. The van der Waals surface area contributed by atoms with Gasteiger partial charge in [-0.15, -0.1) is 0 Å². The van der Waals surface area contributed by atoms with Crippen molar-refractivity contribution in [1.29, 1.82) is 0 Å². The van der Waals surface area contributed by atoms with Gasteiger partial charge in [-0.05, 0) is 6.07 Å². The molecule has 0 bridgehead atoms. The molecule has 0 aliphatic heterocycles. The van der Waals surface area contributed by atoms with Gasteiger partial charge in [-0.2, -0.15) is 10.2 Å². The summed E-state index contributed by atoms with van der Waals surface area (Å²) in [6.07, 6.45) is 4.25. The topological polar surface area (TPSA) is 79.4 Å². The Morgan fingerprint density at radius 2 is 2.46 bits per heavy atom. The highest BCUT2D eigenvalue weighted by Gasteiger charge is 1.97. The van der Waals surface area contributed by atoms with Crippen LogP contribution in [0, 0.1) is 0 Å². The number of hydrogen-bond acceptors (Lipinski definition) is 3. The fourth-order valence-corrected chi connectivity index (χ4v) is 1.08. The van der Waals surface area contributed by atoms with Crippen LogP contribution in [0.4, 0.5) is 0 Å². The van der Waals surface area contributed by atoms with Crippen molar-refractivity contribution in [3.05, 3.63) is 34.8 Å². The molecule has 0 spiro atoms. The molecule has 0 fully saturated rings. The lowest BCUT2D eigenvalue weighted by molar-refractivity contribution is 0.601. The third-order valence-electron chi connectivity index (χ3n) is 1.69. The number of nitrogens with zero attached hydrogens (tertiary/aromatic N) is 3. The first kappa shape index (κ1) is 7.78. The van der Waals surface area contributed by atoms with Gasteiger partial charge in [0.1, 0.15) is 5.82 Å². The molecule has 2 N–H and O–H groups in total. The van der Waals surface area contributed by atoms with Gasteiger partial charge in [0.25, 0.3) is 0 Å². The van der Waals surface area contributed by atoms with E-state index in [1.54, 1.807) is 10.9 Å². The van der Waals surface area contributed by atoms with Gasteiger partial charge in [0, 0.05) is 25.4 Å².